The van der Waals surface area contributed by atoms with Gasteiger partial charge in [-0.1, -0.05) is 24.6 Å². The first-order valence-corrected chi connectivity index (χ1v) is 13.1. The minimum Gasteiger partial charge on any atom is -0.339 e. The summed E-state index contributed by atoms with van der Waals surface area (Å²) < 4.78 is 27.1. The summed E-state index contributed by atoms with van der Waals surface area (Å²) in [5.41, 5.74) is 2.72. The van der Waals surface area contributed by atoms with Gasteiger partial charge in [-0.15, -0.1) is 0 Å². The first-order valence-electron chi connectivity index (χ1n) is 11.6. The number of amides is 2. The molecule has 0 spiro atoms. The number of anilines is 1. The van der Waals surface area contributed by atoms with Gasteiger partial charge in [0.15, 0.2) is 0 Å². The van der Waals surface area contributed by atoms with E-state index >= 15 is 0 Å². The number of likely N-dealkylation sites (tertiary alicyclic amines) is 1. The van der Waals surface area contributed by atoms with E-state index in [2.05, 4.69) is 5.32 Å². The molecule has 2 aliphatic heterocycles. The standard InChI is InChI=1S/C25H31N3O4S/c1-19-22(25(30)27-14-5-6-15-27)8-7-9-23(19)26-24(29)18-20-10-12-21(13-11-20)33(31,32)28-16-3-2-4-17-28/h7-13H,2-6,14-18H2,1H3,(H,26,29). The van der Waals surface area contributed by atoms with Crippen LogP contribution in [0.25, 0.3) is 0 Å². The molecule has 0 atom stereocenters. The van der Waals surface area contributed by atoms with Crippen LogP contribution in [-0.4, -0.2) is 55.6 Å². The normalized spacial score (nSPS) is 17.2. The first kappa shape index (κ1) is 23.4. The van der Waals surface area contributed by atoms with Crippen molar-refractivity contribution in [2.24, 2.45) is 0 Å². The molecule has 176 valence electrons. The summed E-state index contributed by atoms with van der Waals surface area (Å²) in [6.45, 7) is 4.52. The summed E-state index contributed by atoms with van der Waals surface area (Å²) in [6.07, 6.45) is 5.02. The Morgan fingerprint density at radius 1 is 0.879 bits per heavy atom. The summed E-state index contributed by atoms with van der Waals surface area (Å²) in [5.74, 6) is -0.206. The molecule has 0 radical (unpaired) electrons. The molecule has 1 N–H and O–H groups in total. The van der Waals surface area contributed by atoms with Crippen LogP contribution in [-0.2, 0) is 21.2 Å². The zero-order valence-electron chi connectivity index (χ0n) is 19.0. The fraction of sp³-hybridized carbons (Fsp3) is 0.440. The molecule has 2 saturated heterocycles. The van der Waals surface area contributed by atoms with Gasteiger partial charge in [-0.2, -0.15) is 4.31 Å². The zero-order valence-corrected chi connectivity index (χ0v) is 19.9. The molecule has 0 aromatic heterocycles. The van der Waals surface area contributed by atoms with Gasteiger partial charge in [0.2, 0.25) is 15.9 Å². The van der Waals surface area contributed by atoms with Crippen molar-refractivity contribution in [3.8, 4) is 0 Å². The van der Waals surface area contributed by atoms with Gasteiger partial charge >= 0.3 is 0 Å². The van der Waals surface area contributed by atoms with E-state index in [0.29, 0.717) is 24.3 Å². The van der Waals surface area contributed by atoms with E-state index in [-0.39, 0.29) is 23.1 Å². The quantitative estimate of drug-likeness (QED) is 0.701. The van der Waals surface area contributed by atoms with Gasteiger partial charge in [-0.05, 0) is 68.0 Å². The van der Waals surface area contributed by atoms with Crippen molar-refractivity contribution in [2.75, 3.05) is 31.5 Å². The van der Waals surface area contributed by atoms with Crippen LogP contribution < -0.4 is 5.32 Å². The zero-order chi connectivity index (χ0) is 23.4. The third-order valence-electron chi connectivity index (χ3n) is 6.47. The van der Waals surface area contributed by atoms with Gasteiger partial charge in [-0.25, -0.2) is 8.42 Å². The van der Waals surface area contributed by atoms with Crippen molar-refractivity contribution in [1.82, 2.24) is 9.21 Å². The van der Waals surface area contributed by atoms with Crippen LogP contribution in [0, 0.1) is 6.92 Å². The number of hydrogen-bond donors (Lipinski definition) is 1. The highest BCUT2D eigenvalue weighted by atomic mass is 32.2. The number of hydrogen-bond acceptors (Lipinski definition) is 4. The highest BCUT2D eigenvalue weighted by Gasteiger charge is 2.26. The van der Waals surface area contributed by atoms with Gasteiger partial charge in [0, 0.05) is 37.4 Å². The van der Waals surface area contributed by atoms with Crippen LogP contribution in [0.3, 0.4) is 0 Å². The van der Waals surface area contributed by atoms with Crippen LogP contribution in [0.15, 0.2) is 47.4 Å². The second-order valence-corrected chi connectivity index (χ2v) is 10.7. The molecule has 0 aliphatic carbocycles. The van der Waals surface area contributed by atoms with E-state index in [1.165, 1.54) is 4.31 Å². The smallest absolute Gasteiger partial charge is 0.254 e. The second-order valence-electron chi connectivity index (χ2n) is 8.81. The lowest BCUT2D eigenvalue weighted by molar-refractivity contribution is -0.115. The summed E-state index contributed by atoms with van der Waals surface area (Å²) in [5, 5.41) is 2.90. The Morgan fingerprint density at radius 2 is 1.52 bits per heavy atom. The number of carbonyl (C=O) groups excluding carboxylic acids is 2. The maximum absolute atomic E-state index is 12.8. The average molecular weight is 470 g/mol. The van der Waals surface area contributed by atoms with Crippen LogP contribution in [0.2, 0.25) is 0 Å². The Morgan fingerprint density at radius 3 is 2.18 bits per heavy atom. The number of piperidine rings is 1. The Kier molecular flexibility index (Phi) is 7.14. The summed E-state index contributed by atoms with van der Waals surface area (Å²) in [7, 11) is -3.48. The van der Waals surface area contributed by atoms with Crippen LogP contribution in [0.5, 0.6) is 0 Å². The van der Waals surface area contributed by atoms with Gasteiger partial charge in [-0.3, -0.25) is 9.59 Å². The molecule has 0 saturated carbocycles. The van der Waals surface area contributed by atoms with E-state index in [1.54, 1.807) is 42.5 Å². The number of rotatable bonds is 6. The number of benzene rings is 2. The minimum absolute atomic E-state index is 0.00611. The molecule has 8 heteroatoms. The maximum atomic E-state index is 12.8. The predicted octanol–water partition coefficient (Wildman–Crippen LogP) is 3.59. The lowest BCUT2D eigenvalue weighted by Gasteiger charge is -2.25. The van der Waals surface area contributed by atoms with E-state index in [9.17, 15) is 18.0 Å². The molecule has 7 nitrogen and oxygen atoms in total. The fourth-order valence-corrected chi connectivity index (χ4v) is 6.02. The molecule has 2 aromatic carbocycles. The number of nitrogens with zero attached hydrogens (tertiary/aromatic N) is 2. The second kappa shape index (κ2) is 10.1. The molecule has 4 rings (SSSR count). The van der Waals surface area contributed by atoms with Gasteiger partial charge < -0.3 is 10.2 Å². The topological polar surface area (TPSA) is 86.8 Å². The highest BCUT2D eigenvalue weighted by Crippen LogP contribution is 2.23. The monoisotopic (exact) mass is 469 g/mol. The number of nitrogens with one attached hydrogen (secondary N) is 1. The summed E-state index contributed by atoms with van der Waals surface area (Å²) >= 11 is 0. The lowest BCUT2D eigenvalue weighted by atomic mass is 10.0. The Bertz CT molecular complexity index is 1120. The molecule has 2 aliphatic rings. The number of sulfonamides is 1. The third-order valence-corrected chi connectivity index (χ3v) is 8.39. The lowest BCUT2D eigenvalue weighted by Crippen LogP contribution is -2.35. The van der Waals surface area contributed by atoms with Crippen molar-refractivity contribution < 1.29 is 18.0 Å². The first-order chi connectivity index (χ1) is 15.9. The molecule has 33 heavy (non-hydrogen) atoms. The third kappa shape index (κ3) is 5.28. The molecule has 0 bridgehead atoms. The predicted molar refractivity (Wildman–Crippen MR) is 128 cm³/mol. The largest absolute Gasteiger partial charge is 0.339 e. The van der Waals surface area contributed by atoms with E-state index in [1.807, 2.05) is 11.8 Å². The van der Waals surface area contributed by atoms with Crippen LogP contribution >= 0.6 is 0 Å². The van der Waals surface area contributed by atoms with E-state index in [0.717, 1.165) is 56.3 Å². The van der Waals surface area contributed by atoms with Gasteiger partial charge in [0.1, 0.15) is 0 Å². The van der Waals surface area contributed by atoms with Crippen LogP contribution in [0.4, 0.5) is 5.69 Å². The van der Waals surface area contributed by atoms with Crippen molar-refractivity contribution in [3.05, 3.63) is 59.2 Å². The Hall–Kier alpha value is -2.71. The summed E-state index contributed by atoms with van der Waals surface area (Å²) in [4.78, 5) is 27.6. The van der Waals surface area contributed by atoms with Crippen molar-refractivity contribution in [1.29, 1.82) is 0 Å². The fourth-order valence-electron chi connectivity index (χ4n) is 4.51. The Balaban J connectivity index is 1.41. The average Bonchev–Trinajstić information content (AvgIpc) is 3.36. The number of carbonyl (C=O) groups is 2. The maximum Gasteiger partial charge on any atom is 0.254 e. The summed E-state index contributed by atoms with van der Waals surface area (Å²) in [6, 6.07) is 11.9. The Labute approximate surface area is 195 Å². The molecule has 2 heterocycles. The molecular formula is C25H31N3O4S. The van der Waals surface area contributed by atoms with Gasteiger partial charge in [0.05, 0.1) is 11.3 Å². The van der Waals surface area contributed by atoms with Crippen LogP contribution in [0.1, 0.15) is 53.6 Å². The highest BCUT2D eigenvalue weighted by molar-refractivity contribution is 7.89. The van der Waals surface area contributed by atoms with Crippen molar-refractivity contribution in [3.63, 3.8) is 0 Å². The van der Waals surface area contributed by atoms with E-state index < -0.39 is 10.0 Å². The van der Waals surface area contributed by atoms with Gasteiger partial charge in [0.25, 0.3) is 5.91 Å². The molecule has 2 fully saturated rings. The molecular weight excluding hydrogens is 438 g/mol. The van der Waals surface area contributed by atoms with Crippen molar-refractivity contribution >= 4 is 27.5 Å². The van der Waals surface area contributed by atoms with Crippen molar-refractivity contribution in [2.45, 2.75) is 50.3 Å². The molecule has 2 aromatic rings. The van der Waals surface area contributed by atoms with E-state index in [4.69, 9.17) is 0 Å². The molecule has 2 amide bonds. The minimum atomic E-state index is -3.48. The SMILES string of the molecule is Cc1c(NC(=O)Cc2ccc(S(=O)(=O)N3CCCCC3)cc2)cccc1C(=O)N1CCCC1. The molecule has 0 unspecified atom stereocenters.